The molecule has 0 radical (unpaired) electrons. The summed E-state index contributed by atoms with van der Waals surface area (Å²) < 4.78 is 5.47. The number of anilines is 1. The molecule has 0 amide bonds. The molecule has 2 N–H and O–H groups in total. The van der Waals surface area contributed by atoms with E-state index in [-0.39, 0.29) is 5.41 Å². The number of rotatable bonds is 6. The van der Waals surface area contributed by atoms with Crippen molar-refractivity contribution in [2.24, 2.45) is 4.99 Å². The molecule has 1 saturated heterocycles. The molecule has 30 heavy (non-hydrogen) atoms. The number of hydrogen-bond acceptors (Lipinski definition) is 4. The zero-order valence-corrected chi connectivity index (χ0v) is 18.7. The van der Waals surface area contributed by atoms with Crippen molar-refractivity contribution in [2.45, 2.75) is 39.2 Å². The minimum absolute atomic E-state index is 0.190. The number of pyridine rings is 1. The fourth-order valence-electron chi connectivity index (χ4n) is 3.52. The first kappa shape index (κ1) is 22.1. The van der Waals surface area contributed by atoms with Gasteiger partial charge in [-0.2, -0.15) is 0 Å². The van der Waals surface area contributed by atoms with Crippen LogP contribution in [0.2, 0.25) is 0 Å². The van der Waals surface area contributed by atoms with Gasteiger partial charge in [-0.3, -0.25) is 4.99 Å². The third-order valence-electron chi connectivity index (χ3n) is 5.37. The maximum Gasteiger partial charge on any atom is 0.191 e. The number of morpholine rings is 1. The number of ether oxygens (including phenoxy) is 1. The van der Waals surface area contributed by atoms with Gasteiger partial charge in [0.05, 0.1) is 13.2 Å². The molecule has 162 valence electrons. The molecule has 1 aliphatic heterocycles. The Bertz CT molecular complexity index is 820. The summed E-state index contributed by atoms with van der Waals surface area (Å²) >= 11 is 0. The first-order valence-electron chi connectivity index (χ1n) is 10.8. The molecule has 0 spiro atoms. The predicted molar refractivity (Wildman–Crippen MR) is 124 cm³/mol. The van der Waals surface area contributed by atoms with E-state index in [9.17, 15) is 0 Å². The molecule has 3 rings (SSSR count). The molecule has 2 heterocycles. The van der Waals surface area contributed by atoms with Crippen LogP contribution in [-0.4, -0.2) is 50.8 Å². The average Bonchev–Trinajstić information content (AvgIpc) is 2.76. The number of guanidine groups is 1. The van der Waals surface area contributed by atoms with Crippen LogP contribution in [0, 0.1) is 0 Å². The van der Waals surface area contributed by atoms with Gasteiger partial charge >= 0.3 is 0 Å². The third kappa shape index (κ3) is 6.20. The standard InChI is InChI=1S/C24H35N5O/c1-24(2,3)21-9-7-19(8-10-21)11-13-27-23(25-4)28-18-20-6-5-12-26-22(20)29-14-16-30-17-15-29/h5-10,12H,11,13-18H2,1-4H3,(H2,25,27,28). The normalized spacial score (nSPS) is 15.2. The Kier molecular flexibility index (Phi) is 7.69. The number of benzene rings is 1. The smallest absolute Gasteiger partial charge is 0.191 e. The Morgan fingerprint density at radius 2 is 1.83 bits per heavy atom. The highest BCUT2D eigenvalue weighted by Crippen LogP contribution is 2.22. The average molecular weight is 410 g/mol. The van der Waals surface area contributed by atoms with E-state index in [4.69, 9.17) is 4.74 Å². The van der Waals surface area contributed by atoms with Gasteiger partial charge in [0.2, 0.25) is 0 Å². The summed E-state index contributed by atoms with van der Waals surface area (Å²) in [4.78, 5) is 11.3. The van der Waals surface area contributed by atoms with Crippen molar-refractivity contribution in [3.63, 3.8) is 0 Å². The second-order valence-electron chi connectivity index (χ2n) is 8.64. The molecule has 0 atom stereocenters. The van der Waals surface area contributed by atoms with Crippen LogP contribution in [0.3, 0.4) is 0 Å². The number of hydrogen-bond donors (Lipinski definition) is 2. The molecular formula is C24H35N5O. The minimum atomic E-state index is 0.190. The van der Waals surface area contributed by atoms with E-state index in [0.717, 1.165) is 51.0 Å². The van der Waals surface area contributed by atoms with Crippen molar-refractivity contribution in [2.75, 3.05) is 44.8 Å². The van der Waals surface area contributed by atoms with Crippen LogP contribution in [0.25, 0.3) is 0 Å². The SMILES string of the molecule is CN=C(NCCc1ccc(C(C)(C)C)cc1)NCc1cccnc1N1CCOCC1. The molecule has 1 aromatic carbocycles. The minimum Gasteiger partial charge on any atom is -0.378 e. The summed E-state index contributed by atoms with van der Waals surface area (Å²) in [6.45, 7) is 11.5. The van der Waals surface area contributed by atoms with Crippen LogP contribution in [0.5, 0.6) is 0 Å². The highest BCUT2D eigenvalue weighted by atomic mass is 16.5. The fraction of sp³-hybridized carbons (Fsp3) is 0.500. The molecule has 0 unspecified atom stereocenters. The first-order valence-corrected chi connectivity index (χ1v) is 10.8. The van der Waals surface area contributed by atoms with E-state index in [0.29, 0.717) is 6.54 Å². The summed E-state index contributed by atoms with van der Waals surface area (Å²) in [6.07, 6.45) is 2.81. The van der Waals surface area contributed by atoms with Crippen LogP contribution in [-0.2, 0) is 23.1 Å². The van der Waals surface area contributed by atoms with Gasteiger partial charge in [-0.05, 0) is 29.0 Å². The quantitative estimate of drug-likeness (QED) is 0.567. The van der Waals surface area contributed by atoms with Gasteiger partial charge in [0.15, 0.2) is 5.96 Å². The first-order chi connectivity index (χ1) is 14.5. The summed E-state index contributed by atoms with van der Waals surface area (Å²) in [5.41, 5.74) is 4.05. The van der Waals surface area contributed by atoms with Crippen LogP contribution in [0.15, 0.2) is 47.6 Å². The highest BCUT2D eigenvalue weighted by Gasteiger charge is 2.16. The highest BCUT2D eigenvalue weighted by molar-refractivity contribution is 5.79. The van der Waals surface area contributed by atoms with Gasteiger partial charge in [0, 0.05) is 45.0 Å². The number of aliphatic imine (C=N–C) groups is 1. The van der Waals surface area contributed by atoms with E-state index < -0.39 is 0 Å². The zero-order chi connectivity index (χ0) is 21.4. The second kappa shape index (κ2) is 10.4. The van der Waals surface area contributed by atoms with Gasteiger partial charge < -0.3 is 20.3 Å². The summed E-state index contributed by atoms with van der Waals surface area (Å²) in [5, 5.41) is 6.84. The lowest BCUT2D eigenvalue weighted by atomic mass is 9.86. The molecule has 2 aromatic rings. The van der Waals surface area contributed by atoms with Crippen LogP contribution < -0.4 is 15.5 Å². The molecule has 6 heteroatoms. The number of aromatic nitrogens is 1. The molecule has 0 bridgehead atoms. The maximum atomic E-state index is 5.47. The molecule has 0 saturated carbocycles. The monoisotopic (exact) mass is 409 g/mol. The lowest BCUT2D eigenvalue weighted by Crippen LogP contribution is -2.40. The second-order valence-corrected chi connectivity index (χ2v) is 8.64. The predicted octanol–water partition coefficient (Wildman–Crippen LogP) is 3.12. The van der Waals surface area contributed by atoms with E-state index >= 15 is 0 Å². The Hall–Kier alpha value is -2.60. The Morgan fingerprint density at radius 1 is 1.10 bits per heavy atom. The van der Waals surface area contributed by atoms with E-state index in [1.54, 1.807) is 7.05 Å². The van der Waals surface area contributed by atoms with E-state index in [2.05, 4.69) is 76.6 Å². The lowest BCUT2D eigenvalue weighted by Gasteiger charge is -2.29. The van der Waals surface area contributed by atoms with Crippen molar-refractivity contribution < 1.29 is 4.74 Å². The van der Waals surface area contributed by atoms with Crippen LogP contribution in [0.1, 0.15) is 37.5 Å². The Balaban J connectivity index is 1.50. The summed E-state index contributed by atoms with van der Waals surface area (Å²) in [6, 6.07) is 13.0. The maximum absolute atomic E-state index is 5.47. The van der Waals surface area contributed by atoms with Gasteiger partial charge in [-0.25, -0.2) is 4.98 Å². The Labute approximate surface area is 180 Å². The Morgan fingerprint density at radius 3 is 2.50 bits per heavy atom. The van der Waals surface area contributed by atoms with E-state index in [1.807, 2.05) is 12.3 Å². The van der Waals surface area contributed by atoms with Crippen molar-refractivity contribution in [3.8, 4) is 0 Å². The number of nitrogens with zero attached hydrogens (tertiary/aromatic N) is 3. The van der Waals surface area contributed by atoms with Crippen molar-refractivity contribution in [3.05, 3.63) is 59.3 Å². The largest absolute Gasteiger partial charge is 0.378 e. The molecule has 1 fully saturated rings. The van der Waals surface area contributed by atoms with Crippen LogP contribution >= 0.6 is 0 Å². The molecule has 6 nitrogen and oxygen atoms in total. The summed E-state index contributed by atoms with van der Waals surface area (Å²) in [7, 11) is 1.81. The van der Waals surface area contributed by atoms with Gasteiger partial charge in [0.1, 0.15) is 5.82 Å². The van der Waals surface area contributed by atoms with Crippen molar-refractivity contribution in [1.82, 2.24) is 15.6 Å². The van der Waals surface area contributed by atoms with Gasteiger partial charge in [0.25, 0.3) is 0 Å². The fourth-order valence-corrected chi connectivity index (χ4v) is 3.52. The molecule has 1 aromatic heterocycles. The van der Waals surface area contributed by atoms with Gasteiger partial charge in [-0.15, -0.1) is 0 Å². The molecule has 1 aliphatic rings. The molecular weight excluding hydrogens is 374 g/mol. The summed E-state index contributed by atoms with van der Waals surface area (Å²) in [5.74, 6) is 1.83. The van der Waals surface area contributed by atoms with E-state index in [1.165, 1.54) is 16.7 Å². The third-order valence-corrected chi connectivity index (χ3v) is 5.37. The molecule has 0 aliphatic carbocycles. The lowest BCUT2D eigenvalue weighted by molar-refractivity contribution is 0.122. The zero-order valence-electron chi connectivity index (χ0n) is 18.7. The van der Waals surface area contributed by atoms with Crippen molar-refractivity contribution >= 4 is 11.8 Å². The van der Waals surface area contributed by atoms with Gasteiger partial charge in [-0.1, -0.05) is 51.1 Å². The number of nitrogens with one attached hydrogen (secondary N) is 2. The topological polar surface area (TPSA) is 61.8 Å². The van der Waals surface area contributed by atoms with Crippen molar-refractivity contribution in [1.29, 1.82) is 0 Å². The van der Waals surface area contributed by atoms with Crippen LogP contribution in [0.4, 0.5) is 5.82 Å².